The number of rotatable bonds is 3. The first kappa shape index (κ1) is 11.7. The second-order valence-electron chi connectivity index (χ2n) is 7.27. The van der Waals surface area contributed by atoms with Crippen molar-refractivity contribution in [2.45, 2.75) is 51.5 Å². The van der Waals surface area contributed by atoms with Crippen LogP contribution in [0.5, 0.6) is 0 Å². The summed E-state index contributed by atoms with van der Waals surface area (Å²) in [7, 11) is 0. The van der Waals surface area contributed by atoms with Crippen LogP contribution in [0.25, 0.3) is 0 Å². The Morgan fingerprint density at radius 2 is 1.58 bits per heavy atom. The van der Waals surface area contributed by atoms with Gasteiger partial charge in [0, 0.05) is 6.04 Å². The van der Waals surface area contributed by atoms with Crippen LogP contribution in [0.4, 0.5) is 5.69 Å². The van der Waals surface area contributed by atoms with E-state index in [1.165, 1.54) is 38.5 Å². The molecule has 0 aliphatic heterocycles. The van der Waals surface area contributed by atoms with Gasteiger partial charge in [-0.25, -0.2) is 9.97 Å². The summed E-state index contributed by atoms with van der Waals surface area (Å²) in [4.78, 5) is 8.22. The zero-order valence-electron chi connectivity index (χ0n) is 11.7. The first-order valence-corrected chi connectivity index (χ1v) is 7.75. The topological polar surface area (TPSA) is 37.8 Å². The Morgan fingerprint density at radius 1 is 1.05 bits per heavy atom. The Hall–Kier alpha value is -1.12. The van der Waals surface area contributed by atoms with Gasteiger partial charge in [0.05, 0.1) is 18.1 Å². The lowest BCUT2D eigenvalue weighted by Crippen LogP contribution is -2.52. The molecule has 19 heavy (non-hydrogen) atoms. The average Bonchev–Trinajstić information content (AvgIpc) is 2.38. The lowest BCUT2D eigenvalue weighted by atomic mass is 9.48. The van der Waals surface area contributed by atoms with Gasteiger partial charge in [-0.3, -0.25) is 0 Å². The number of nitrogens with zero attached hydrogens (tertiary/aromatic N) is 2. The molecule has 102 valence electrons. The Morgan fingerprint density at radius 3 is 2.11 bits per heavy atom. The third-order valence-corrected chi connectivity index (χ3v) is 5.95. The molecule has 1 aromatic heterocycles. The minimum absolute atomic E-state index is 0.546. The van der Waals surface area contributed by atoms with E-state index < -0.39 is 0 Å². The van der Waals surface area contributed by atoms with Gasteiger partial charge < -0.3 is 5.32 Å². The zero-order chi connectivity index (χ0) is 12.9. The van der Waals surface area contributed by atoms with E-state index in [1.807, 2.05) is 12.4 Å². The minimum atomic E-state index is 0.546. The Balaban J connectivity index is 1.55. The first-order chi connectivity index (χ1) is 9.23. The highest BCUT2D eigenvalue weighted by atomic mass is 15.0. The van der Waals surface area contributed by atoms with Gasteiger partial charge in [0.1, 0.15) is 6.33 Å². The van der Waals surface area contributed by atoms with Crippen LogP contribution in [0.15, 0.2) is 18.7 Å². The van der Waals surface area contributed by atoms with Crippen molar-refractivity contribution in [1.29, 1.82) is 0 Å². The third-order valence-electron chi connectivity index (χ3n) is 5.95. The van der Waals surface area contributed by atoms with Crippen molar-refractivity contribution in [2.24, 2.45) is 23.2 Å². The molecule has 1 unspecified atom stereocenters. The predicted molar refractivity (Wildman–Crippen MR) is 75.7 cm³/mol. The molecule has 3 nitrogen and oxygen atoms in total. The maximum atomic E-state index is 4.11. The van der Waals surface area contributed by atoms with E-state index in [2.05, 4.69) is 22.2 Å². The van der Waals surface area contributed by atoms with Gasteiger partial charge in [-0.2, -0.15) is 0 Å². The highest BCUT2D eigenvalue weighted by Gasteiger charge is 2.53. The summed E-state index contributed by atoms with van der Waals surface area (Å²) in [5.74, 6) is 3.05. The van der Waals surface area contributed by atoms with Crippen LogP contribution < -0.4 is 5.32 Å². The molecule has 1 heterocycles. The minimum Gasteiger partial charge on any atom is -0.380 e. The molecule has 4 aliphatic carbocycles. The van der Waals surface area contributed by atoms with Crippen LogP contribution in [0.2, 0.25) is 0 Å². The summed E-state index contributed by atoms with van der Waals surface area (Å²) in [6, 6.07) is 0.548. The summed E-state index contributed by atoms with van der Waals surface area (Å²) in [6.45, 7) is 2.38. The van der Waals surface area contributed by atoms with Crippen molar-refractivity contribution < 1.29 is 0 Å². The van der Waals surface area contributed by atoms with Gasteiger partial charge in [-0.05, 0) is 68.6 Å². The van der Waals surface area contributed by atoms with Gasteiger partial charge in [0.15, 0.2) is 0 Å². The second-order valence-corrected chi connectivity index (χ2v) is 7.27. The molecule has 3 heteroatoms. The van der Waals surface area contributed by atoms with E-state index in [-0.39, 0.29) is 0 Å². The van der Waals surface area contributed by atoms with Crippen molar-refractivity contribution in [3.63, 3.8) is 0 Å². The molecule has 0 amide bonds. The molecule has 1 aromatic rings. The summed E-state index contributed by atoms with van der Waals surface area (Å²) in [5, 5.41) is 3.67. The largest absolute Gasteiger partial charge is 0.380 e. The van der Waals surface area contributed by atoms with Crippen LogP contribution in [-0.2, 0) is 0 Å². The van der Waals surface area contributed by atoms with E-state index in [0.29, 0.717) is 11.5 Å². The lowest BCUT2D eigenvalue weighted by molar-refractivity contribution is -0.0602. The van der Waals surface area contributed by atoms with Crippen molar-refractivity contribution in [3.05, 3.63) is 18.7 Å². The maximum Gasteiger partial charge on any atom is 0.115 e. The van der Waals surface area contributed by atoms with Crippen LogP contribution in [0.1, 0.15) is 45.4 Å². The first-order valence-electron chi connectivity index (χ1n) is 7.75. The molecule has 1 atom stereocenters. The molecule has 0 aromatic carbocycles. The highest BCUT2D eigenvalue weighted by molar-refractivity contribution is 5.39. The quantitative estimate of drug-likeness (QED) is 0.900. The Labute approximate surface area is 115 Å². The molecular weight excluding hydrogens is 234 g/mol. The molecule has 4 fully saturated rings. The molecule has 0 radical (unpaired) electrons. The van der Waals surface area contributed by atoms with Crippen LogP contribution in [0.3, 0.4) is 0 Å². The predicted octanol–water partition coefficient (Wildman–Crippen LogP) is 3.49. The molecule has 4 saturated carbocycles. The maximum absolute atomic E-state index is 4.11. The summed E-state index contributed by atoms with van der Waals surface area (Å²) in [6.07, 6.45) is 14.3. The van der Waals surface area contributed by atoms with Crippen molar-refractivity contribution in [1.82, 2.24) is 9.97 Å². The van der Waals surface area contributed by atoms with E-state index in [9.17, 15) is 0 Å². The van der Waals surface area contributed by atoms with Crippen LogP contribution >= 0.6 is 0 Å². The lowest BCUT2D eigenvalue weighted by Gasteiger charge is -2.59. The van der Waals surface area contributed by atoms with Gasteiger partial charge in [-0.15, -0.1) is 0 Å². The molecule has 1 N–H and O–H groups in total. The smallest absolute Gasteiger partial charge is 0.115 e. The third kappa shape index (κ3) is 1.94. The summed E-state index contributed by atoms with van der Waals surface area (Å²) in [5.41, 5.74) is 1.62. The van der Waals surface area contributed by atoms with Crippen molar-refractivity contribution in [3.8, 4) is 0 Å². The second kappa shape index (κ2) is 4.19. The van der Waals surface area contributed by atoms with Gasteiger partial charge >= 0.3 is 0 Å². The SMILES string of the molecule is CC(Nc1cncnc1)C12CC3CC(CC(C3)C1)C2. The normalized spacial score (nSPS) is 41.2. The molecule has 0 spiro atoms. The van der Waals surface area contributed by atoms with E-state index >= 15 is 0 Å². The number of nitrogens with one attached hydrogen (secondary N) is 1. The number of aromatic nitrogens is 2. The fourth-order valence-corrected chi connectivity index (χ4v) is 5.48. The van der Waals surface area contributed by atoms with E-state index in [4.69, 9.17) is 0 Å². The van der Waals surface area contributed by atoms with Crippen LogP contribution in [-0.4, -0.2) is 16.0 Å². The zero-order valence-corrected chi connectivity index (χ0v) is 11.7. The Bertz CT molecular complexity index is 421. The number of hydrogen-bond donors (Lipinski definition) is 1. The summed E-state index contributed by atoms with van der Waals surface area (Å²) >= 11 is 0. The summed E-state index contributed by atoms with van der Waals surface area (Å²) < 4.78 is 0. The Kier molecular flexibility index (Phi) is 2.58. The fourth-order valence-electron chi connectivity index (χ4n) is 5.48. The van der Waals surface area contributed by atoms with Crippen LogP contribution in [0, 0.1) is 23.2 Å². The average molecular weight is 257 g/mol. The molecule has 0 saturated heterocycles. The molecule has 4 aliphatic rings. The molecule has 5 rings (SSSR count). The van der Waals surface area contributed by atoms with Crippen molar-refractivity contribution in [2.75, 3.05) is 5.32 Å². The fraction of sp³-hybridized carbons (Fsp3) is 0.750. The van der Waals surface area contributed by atoms with Gasteiger partial charge in [0.25, 0.3) is 0 Å². The molecular formula is C16H23N3. The molecule has 4 bridgehead atoms. The van der Waals surface area contributed by atoms with Crippen molar-refractivity contribution >= 4 is 5.69 Å². The number of hydrogen-bond acceptors (Lipinski definition) is 3. The van der Waals surface area contributed by atoms with E-state index in [1.54, 1.807) is 6.33 Å². The van der Waals surface area contributed by atoms with Gasteiger partial charge in [-0.1, -0.05) is 0 Å². The monoisotopic (exact) mass is 257 g/mol. The number of anilines is 1. The van der Waals surface area contributed by atoms with E-state index in [0.717, 1.165) is 23.4 Å². The highest BCUT2D eigenvalue weighted by Crippen LogP contribution is 2.61. The standard InChI is InChI=1S/C16H23N3/c1-11(19-15-8-17-10-18-9-15)16-5-12-2-13(6-16)4-14(3-12)7-16/h8-14,19H,2-7H2,1H3. The van der Waals surface area contributed by atoms with Gasteiger partial charge in [0.2, 0.25) is 0 Å².